The maximum Gasteiger partial charge on any atom is 0.119 e. The zero-order chi connectivity index (χ0) is 9.97. The molecule has 0 saturated carbocycles. The van der Waals surface area contributed by atoms with Gasteiger partial charge in [-0.15, -0.1) is 0 Å². The number of nitrogens with zero attached hydrogens (tertiary/aromatic N) is 1. The first kappa shape index (κ1) is 8.81. The van der Waals surface area contributed by atoms with Crippen molar-refractivity contribution in [3.8, 4) is 5.75 Å². The second-order valence-electron chi connectivity index (χ2n) is 3.28. The number of hydrogen-bond donors (Lipinski definition) is 2. The molecule has 2 aromatic rings. The van der Waals surface area contributed by atoms with E-state index in [4.69, 9.17) is 0 Å². The first-order chi connectivity index (χ1) is 6.77. The minimum atomic E-state index is 0.329. The molecule has 0 saturated heterocycles. The van der Waals surface area contributed by atoms with Gasteiger partial charge >= 0.3 is 0 Å². The normalized spacial score (nSPS) is 10.4. The van der Waals surface area contributed by atoms with Gasteiger partial charge in [0.2, 0.25) is 0 Å². The van der Waals surface area contributed by atoms with Crippen LogP contribution < -0.4 is 0 Å². The van der Waals surface area contributed by atoms with Crippen molar-refractivity contribution in [1.29, 1.82) is 0 Å². The van der Waals surface area contributed by atoms with Crippen LogP contribution in [0.4, 0.5) is 0 Å². The average Bonchev–Trinajstić information content (AvgIpc) is 2.56. The molecule has 0 spiro atoms. The number of H-pyrrole nitrogens is 1. The molecular formula is C11H12N2O. The van der Waals surface area contributed by atoms with Crippen molar-refractivity contribution in [2.75, 3.05) is 0 Å². The maximum atomic E-state index is 9.56. The Kier molecular flexibility index (Phi) is 2.23. The summed E-state index contributed by atoms with van der Waals surface area (Å²) in [6, 6.07) is 7.33. The molecule has 3 heteroatoms. The molecule has 0 unspecified atom stereocenters. The molecule has 1 aromatic heterocycles. The maximum absolute atomic E-state index is 9.56. The minimum absolute atomic E-state index is 0.329. The SMILES string of the molecule is Cc1[nH]cnc1Cc1ccccc1O. The van der Waals surface area contributed by atoms with Gasteiger partial charge in [-0.3, -0.25) is 0 Å². The number of phenols is 1. The third-order valence-corrected chi connectivity index (χ3v) is 2.28. The van der Waals surface area contributed by atoms with E-state index in [1.54, 1.807) is 12.4 Å². The van der Waals surface area contributed by atoms with E-state index in [1.165, 1.54) is 0 Å². The highest BCUT2D eigenvalue weighted by Gasteiger charge is 2.05. The van der Waals surface area contributed by atoms with Gasteiger partial charge in [-0.05, 0) is 18.6 Å². The highest BCUT2D eigenvalue weighted by Crippen LogP contribution is 2.19. The number of benzene rings is 1. The number of imidazole rings is 1. The van der Waals surface area contributed by atoms with Crippen LogP contribution in [-0.2, 0) is 6.42 Å². The van der Waals surface area contributed by atoms with E-state index in [-0.39, 0.29) is 0 Å². The topological polar surface area (TPSA) is 48.9 Å². The molecule has 1 heterocycles. The number of hydrogen-bond acceptors (Lipinski definition) is 2. The predicted octanol–water partition coefficient (Wildman–Crippen LogP) is 2.01. The molecule has 0 aliphatic rings. The second kappa shape index (κ2) is 3.54. The van der Waals surface area contributed by atoms with E-state index in [2.05, 4.69) is 9.97 Å². The molecule has 0 bridgehead atoms. The van der Waals surface area contributed by atoms with Crippen molar-refractivity contribution in [2.24, 2.45) is 0 Å². The first-order valence-electron chi connectivity index (χ1n) is 4.53. The fourth-order valence-corrected chi connectivity index (χ4v) is 1.41. The van der Waals surface area contributed by atoms with E-state index < -0.39 is 0 Å². The van der Waals surface area contributed by atoms with Crippen molar-refractivity contribution in [1.82, 2.24) is 9.97 Å². The Morgan fingerprint density at radius 2 is 2.14 bits per heavy atom. The van der Waals surface area contributed by atoms with Crippen molar-refractivity contribution < 1.29 is 5.11 Å². The zero-order valence-corrected chi connectivity index (χ0v) is 7.99. The van der Waals surface area contributed by atoms with Crippen molar-refractivity contribution in [3.05, 3.63) is 47.5 Å². The number of aryl methyl sites for hydroxylation is 1. The monoisotopic (exact) mass is 188 g/mol. The Morgan fingerprint density at radius 1 is 1.36 bits per heavy atom. The van der Waals surface area contributed by atoms with Crippen LogP contribution in [0.5, 0.6) is 5.75 Å². The van der Waals surface area contributed by atoms with E-state index in [1.807, 2.05) is 25.1 Å². The van der Waals surface area contributed by atoms with Gasteiger partial charge in [0.1, 0.15) is 5.75 Å². The lowest BCUT2D eigenvalue weighted by Crippen LogP contribution is -1.91. The third kappa shape index (κ3) is 1.62. The van der Waals surface area contributed by atoms with Crippen LogP contribution in [0.25, 0.3) is 0 Å². The second-order valence-corrected chi connectivity index (χ2v) is 3.28. The summed E-state index contributed by atoms with van der Waals surface area (Å²) in [6.45, 7) is 1.97. The summed E-state index contributed by atoms with van der Waals surface area (Å²) in [5, 5.41) is 9.56. The summed E-state index contributed by atoms with van der Waals surface area (Å²) in [5.41, 5.74) is 2.93. The predicted molar refractivity (Wildman–Crippen MR) is 54.2 cm³/mol. The fourth-order valence-electron chi connectivity index (χ4n) is 1.41. The third-order valence-electron chi connectivity index (χ3n) is 2.28. The Balaban J connectivity index is 2.28. The molecule has 3 nitrogen and oxygen atoms in total. The number of nitrogens with one attached hydrogen (secondary N) is 1. The molecule has 0 amide bonds. The number of phenolic OH excluding ortho intramolecular Hbond substituents is 1. The molecule has 0 radical (unpaired) electrons. The van der Waals surface area contributed by atoms with Gasteiger partial charge in [-0.1, -0.05) is 18.2 Å². The largest absolute Gasteiger partial charge is 0.508 e. The summed E-state index contributed by atoms with van der Waals surface area (Å²) < 4.78 is 0. The molecule has 0 atom stereocenters. The summed E-state index contributed by atoms with van der Waals surface area (Å²) >= 11 is 0. The lowest BCUT2D eigenvalue weighted by atomic mass is 10.1. The number of aromatic amines is 1. The van der Waals surface area contributed by atoms with Gasteiger partial charge in [0, 0.05) is 12.1 Å². The molecule has 1 aromatic carbocycles. The van der Waals surface area contributed by atoms with Gasteiger partial charge in [-0.2, -0.15) is 0 Å². The lowest BCUT2D eigenvalue weighted by Gasteiger charge is -2.02. The number of aromatic nitrogens is 2. The van der Waals surface area contributed by atoms with E-state index >= 15 is 0 Å². The highest BCUT2D eigenvalue weighted by molar-refractivity contribution is 5.35. The Labute approximate surface area is 82.4 Å². The van der Waals surface area contributed by atoms with E-state index in [0.29, 0.717) is 12.2 Å². The molecule has 0 aliphatic heterocycles. The molecule has 72 valence electrons. The minimum Gasteiger partial charge on any atom is -0.508 e. The van der Waals surface area contributed by atoms with Crippen LogP contribution in [0.3, 0.4) is 0 Å². The quantitative estimate of drug-likeness (QED) is 0.757. The van der Waals surface area contributed by atoms with Crippen LogP contribution in [0.1, 0.15) is 17.0 Å². The average molecular weight is 188 g/mol. The standard InChI is InChI=1S/C11H12N2O/c1-8-10(13-7-12-8)6-9-4-2-3-5-11(9)14/h2-5,7,14H,6H2,1H3,(H,12,13). The van der Waals surface area contributed by atoms with Crippen LogP contribution in [0, 0.1) is 6.92 Å². The van der Waals surface area contributed by atoms with Crippen molar-refractivity contribution in [2.45, 2.75) is 13.3 Å². The molecule has 0 fully saturated rings. The van der Waals surface area contributed by atoms with Crippen molar-refractivity contribution in [3.63, 3.8) is 0 Å². The summed E-state index contributed by atoms with van der Waals surface area (Å²) in [6.07, 6.45) is 2.34. The summed E-state index contributed by atoms with van der Waals surface area (Å²) in [4.78, 5) is 7.20. The Hall–Kier alpha value is -1.77. The van der Waals surface area contributed by atoms with Crippen LogP contribution in [-0.4, -0.2) is 15.1 Å². The van der Waals surface area contributed by atoms with Crippen LogP contribution in [0.2, 0.25) is 0 Å². The molecule has 14 heavy (non-hydrogen) atoms. The molecule has 2 N–H and O–H groups in total. The number of para-hydroxylation sites is 1. The molecular weight excluding hydrogens is 176 g/mol. The van der Waals surface area contributed by atoms with Gasteiger partial charge in [0.25, 0.3) is 0 Å². The number of rotatable bonds is 2. The Morgan fingerprint density at radius 3 is 2.79 bits per heavy atom. The molecule has 2 rings (SSSR count). The van der Waals surface area contributed by atoms with Gasteiger partial charge in [0.05, 0.1) is 12.0 Å². The summed E-state index contributed by atoms with van der Waals surface area (Å²) in [7, 11) is 0. The van der Waals surface area contributed by atoms with Crippen molar-refractivity contribution >= 4 is 0 Å². The zero-order valence-electron chi connectivity index (χ0n) is 7.99. The Bertz CT molecular complexity index is 434. The highest BCUT2D eigenvalue weighted by atomic mass is 16.3. The van der Waals surface area contributed by atoms with Gasteiger partial charge in [-0.25, -0.2) is 4.98 Å². The van der Waals surface area contributed by atoms with Crippen LogP contribution in [0.15, 0.2) is 30.6 Å². The summed E-state index contributed by atoms with van der Waals surface area (Å²) in [5.74, 6) is 0.329. The fraction of sp³-hybridized carbons (Fsp3) is 0.182. The van der Waals surface area contributed by atoms with E-state index in [9.17, 15) is 5.11 Å². The first-order valence-corrected chi connectivity index (χ1v) is 4.53. The number of aromatic hydroxyl groups is 1. The van der Waals surface area contributed by atoms with Gasteiger partial charge < -0.3 is 10.1 Å². The van der Waals surface area contributed by atoms with E-state index in [0.717, 1.165) is 17.0 Å². The van der Waals surface area contributed by atoms with Crippen LogP contribution >= 0.6 is 0 Å². The molecule has 0 aliphatic carbocycles. The lowest BCUT2D eigenvalue weighted by molar-refractivity contribution is 0.469. The van der Waals surface area contributed by atoms with Gasteiger partial charge in [0.15, 0.2) is 0 Å². The smallest absolute Gasteiger partial charge is 0.119 e.